The normalized spacial score (nSPS) is 21.9. The van der Waals surface area contributed by atoms with Gasteiger partial charge < -0.3 is 19.6 Å². The molecule has 0 atom stereocenters. The standard InChI is InChI=1S/C16H22N2O3/c1-2-17-12-16(21-11-15(17)20)7-9-18(10-8-16)13-3-5-14(19)6-4-13/h3-6,19H,2,7-12H2,1H3. The van der Waals surface area contributed by atoms with Crippen LogP contribution in [0.1, 0.15) is 19.8 Å². The number of rotatable bonds is 2. The number of phenols is 1. The van der Waals surface area contributed by atoms with E-state index in [0.29, 0.717) is 12.3 Å². The van der Waals surface area contributed by atoms with Crippen molar-refractivity contribution in [1.82, 2.24) is 4.90 Å². The number of carbonyl (C=O) groups excluding carboxylic acids is 1. The second-order valence-electron chi connectivity index (χ2n) is 5.88. The molecule has 1 aromatic carbocycles. The van der Waals surface area contributed by atoms with Crippen molar-refractivity contribution >= 4 is 11.6 Å². The number of amides is 1. The van der Waals surface area contributed by atoms with Gasteiger partial charge in [0.05, 0.1) is 5.60 Å². The third-order valence-electron chi connectivity index (χ3n) is 4.60. The van der Waals surface area contributed by atoms with Crippen LogP contribution in [0.25, 0.3) is 0 Å². The fraction of sp³-hybridized carbons (Fsp3) is 0.562. The van der Waals surface area contributed by atoms with Gasteiger partial charge in [-0.2, -0.15) is 0 Å². The zero-order chi connectivity index (χ0) is 14.9. The minimum atomic E-state index is -0.169. The van der Waals surface area contributed by atoms with Crippen molar-refractivity contribution in [2.24, 2.45) is 0 Å². The van der Waals surface area contributed by atoms with E-state index in [2.05, 4.69) is 4.90 Å². The van der Waals surface area contributed by atoms with E-state index in [4.69, 9.17) is 4.74 Å². The summed E-state index contributed by atoms with van der Waals surface area (Å²) in [6.45, 7) is 5.53. The lowest BCUT2D eigenvalue weighted by atomic mass is 9.89. The van der Waals surface area contributed by atoms with Crippen LogP contribution in [0, 0.1) is 0 Å². The molecule has 0 unspecified atom stereocenters. The number of piperidine rings is 1. The quantitative estimate of drug-likeness (QED) is 0.899. The molecule has 3 rings (SSSR count). The number of benzene rings is 1. The smallest absolute Gasteiger partial charge is 0.248 e. The third-order valence-corrected chi connectivity index (χ3v) is 4.60. The summed E-state index contributed by atoms with van der Waals surface area (Å²) in [5.41, 5.74) is 0.957. The molecule has 1 spiro atoms. The van der Waals surface area contributed by atoms with Gasteiger partial charge in [-0.1, -0.05) is 0 Å². The molecular formula is C16H22N2O3. The molecule has 114 valence electrons. The molecule has 21 heavy (non-hydrogen) atoms. The van der Waals surface area contributed by atoms with E-state index in [9.17, 15) is 9.90 Å². The maximum atomic E-state index is 11.7. The lowest BCUT2D eigenvalue weighted by Crippen LogP contribution is -2.58. The Morgan fingerprint density at radius 3 is 2.52 bits per heavy atom. The molecule has 2 heterocycles. The minimum Gasteiger partial charge on any atom is -0.508 e. The van der Waals surface area contributed by atoms with Crippen LogP contribution in [0.15, 0.2) is 24.3 Å². The van der Waals surface area contributed by atoms with Crippen LogP contribution >= 0.6 is 0 Å². The molecule has 2 fully saturated rings. The number of hydrogen-bond donors (Lipinski definition) is 1. The zero-order valence-corrected chi connectivity index (χ0v) is 12.4. The molecule has 1 aromatic rings. The second-order valence-corrected chi connectivity index (χ2v) is 5.88. The summed E-state index contributed by atoms with van der Waals surface area (Å²) in [7, 11) is 0. The first kappa shape index (κ1) is 14.2. The summed E-state index contributed by atoms with van der Waals surface area (Å²) >= 11 is 0. The Morgan fingerprint density at radius 2 is 1.90 bits per heavy atom. The predicted molar refractivity (Wildman–Crippen MR) is 80.5 cm³/mol. The topological polar surface area (TPSA) is 53.0 Å². The van der Waals surface area contributed by atoms with Crippen molar-refractivity contribution in [2.45, 2.75) is 25.4 Å². The second kappa shape index (κ2) is 5.56. The van der Waals surface area contributed by atoms with Crippen LogP contribution < -0.4 is 4.90 Å². The molecule has 0 aromatic heterocycles. The van der Waals surface area contributed by atoms with Crippen LogP contribution in [0.5, 0.6) is 5.75 Å². The van der Waals surface area contributed by atoms with Crippen LogP contribution in [0.2, 0.25) is 0 Å². The number of hydrogen-bond acceptors (Lipinski definition) is 4. The molecule has 2 aliphatic heterocycles. The molecule has 0 saturated carbocycles. The van der Waals surface area contributed by atoms with Gasteiger partial charge in [0, 0.05) is 31.9 Å². The fourth-order valence-electron chi connectivity index (χ4n) is 3.21. The fourth-order valence-corrected chi connectivity index (χ4v) is 3.21. The number of ether oxygens (including phenoxy) is 1. The van der Waals surface area contributed by atoms with Crippen molar-refractivity contribution in [3.8, 4) is 5.75 Å². The third kappa shape index (κ3) is 2.83. The van der Waals surface area contributed by atoms with Gasteiger partial charge in [0.15, 0.2) is 0 Å². The molecule has 0 bridgehead atoms. The van der Waals surface area contributed by atoms with E-state index >= 15 is 0 Å². The van der Waals surface area contributed by atoms with E-state index < -0.39 is 0 Å². The minimum absolute atomic E-state index is 0.101. The van der Waals surface area contributed by atoms with Gasteiger partial charge >= 0.3 is 0 Å². The van der Waals surface area contributed by atoms with E-state index in [1.165, 1.54) is 0 Å². The summed E-state index contributed by atoms with van der Waals surface area (Å²) in [5, 5.41) is 9.36. The van der Waals surface area contributed by atoms with Crippen molar-refractivity contribution in [2.75, 3.05) is 37.7 Å². The Balaban J connectivity index is 1.64. The summed E-state index contributed by atoms with van der Waals surface area (Å²) in [6.07, 6.45) is 1.86. The van der Waals surface area contributed by atoms with E-state index in [-0.39, 0.29) is 18.1 Å². The highest BCUT2D eigenvalue weighted by atomic mass is 16.5. The number of likely N-dealkylation sites (N-methyl/N-ethyl adjacent to an activating group) is 1. The van der Waals surface area contributed by atoms with Crippen LogP contribution in [-0.4, -0.2) is 54.3 Å². The highest BCUT2D eigenvalue weighted by Crippen LogP contribution is 2.32. The van der Waals surface area contributed by atoms with Crippen molar-refractivity contribution in [1.29, 1.82) is 0 Å². The van der Waals surface area contributed by atoms with E-state index in [1.54, 1.807) is 12.1 Å². The number of anilines is 1. The van der Waals surface area contributed by atoms with Gasteiger partial charge in [-0.3, -0.25) is 4.79 Å². The number of morpholine rings is 1. The molecule has 0 aliphatic carbocycles. The highest BCUT2D eigenvalue weighted by molar-refractivity contribution is 5.78. The predicted octanol–water partition coefficient (Wildman–Crippen LogP) is 1.61. The Labute approximate surface area is 125 Å². The Hall–Kier alpha value is -1.75. The molecule has 1 N–H and O–H groups in total. The van der Waals surface area contributed by atoms with E-state index in [1.807, 2.05) is 24.0 Å². The van der Waals surface area contributed by atoms with Gasteiger partial charge in [0.1, 0.15) is 12.4 Å². The van der Waals surface area contributed by atoms with Crippen LogP contribution in [-0.2, 0) is 9.53 Å². The average Bonchev–Trinajstić information content (AvgIpc) is 2.52. The first-order valence-electron chi connectivity index (χ1n) is 7.58. The monoisotopic (exact) mass is 290 g/mol. The summed E-state index contributed by atoms with van der Waals surface area (Å²) in [4.78, 5) is 15.9. The van der Waals surface area contributed by atoms with Gasteiger partial charge in [-0.05, 0) is 44.0 Å². The van der Waals surface area contributed by atoms with Crippen molar-refractivity contribution < 1.29 is 14.6 Å². The van der Waals surface area contributed by atoms with Gasteiger partial charge in [0.2, 0.25) is 5.91 Å². The summed E-state index contributed by atoms with van der Waals surface area (Å²) in [5.74, 6) is 0.393. The number of aromatic hydroxyl groups is 1. The van der Waals surface area contributed by atoms with Gasteiger partial charge in [0.25, 0.3) is 0 Å². The SMILES string of the molecule is CCN1CC2(CCN(c3ccc(O)cc3)CC2)OCC1=O. The Morgan fingerprint density at radius 1 is 1.24 bits per heavy atom. The van der Waals surface area contributed by atoms with Crippen LogP contribution in [0.3, 0.4) is 0 Å². The number of carbonyl (C=O) groups is 1. The summed E-state index contributed by atoms with van der Waals surface area (Å²) < 4.78 is 5.90. The Bertz CT molecular complexity index is 507. The molecule has 0 radical (unpaired) electrons. The number of nitrogens with zero attached hydrogens (tertiary/aromatic N) is 2. The number of phenolic OH excluding ortho intramolecular Hbond substituents is 1. The lowest BCUT2D eigenvalue weighted by Gasteiger charge is -2.47. The first-order valence-corrected chi connectivity index (χ1v) is 7.58. The first-order chi connectivity index (χ1) is 10.1. The Kier molecular flexibility index (Phi) is 3.76. The summed E-state index contributed by atoms with van der Waals surface area (Å²) in [6, 6.07) is 7.32. The molecular weight excluding hydrogens is 268 g/mol. The largest absolute Gasteiger partial charge is 0.508 e. The maximum Gasteiger partial charge on any atom is 0.248 e. The molecule has 5 nitrogen and oxygen atoms in total. The average molecular weight is 290 g/mol. The van der Waals surface area contributed by atoms with E-state index in [0.717, 1.165) is 38.2 Å². The molecule has 5 heteroatoms. The van der Waals surface area contributed by atoms with Crippen molar-refractivity contribution in [3.63, 3.8) is 0 Å². The lowest BCUT2D eigenvalue weighted by molar-refractivity contribution is -0.166. The maximum absolute atomic E-state index is 11.7. The van der Waals surface area contributed by atoms with Gasteiger partial charge in [-0.15, -0.1) is 0 Å². The zero-order valence-electron chi connectivity index (χ0n) is 12.4. The molecule has 1 amide bonds. The van der Waals surface area contributed by atoms with Gasteiger partial charge in [-0.25, -0.2) is 0 Å². The molecule has 2 saturated heterocycles. The highest BCUT2D eigenvalue weighted by Gasteiger charge is 2.41. The van der Waals surface area contributed by atoms with Crippen molar-refractivity contribution in [3.05, 3.63) is 24.3 Å². The van der Waals surface area contributed by atoms with Crippen LogP contribution in [0.4, 0.5) is 5.69 Å². The molecule has 2 aliphatic rings.